The van der Waals surface area contributed by atoms with Crippen molar-refractivity contribution in [3.63, 3.8) is 0 Å². The monoisotopic (exact) mass is 562 g/mol. The molecule has 3 atom stereocenters. The molecule has 0 saturated carbocycles. The van der Waals surface area contributed by atoms with Gasteiger partial charge in [-0.3, -0.25) is 19.9 Å². The summed E-state index contributed by atoms with van der Waals surface area (Å²) in [5, 5.41) is 3.00. The summed E-state index contributed by atoms with van der Waals surface area (Å²) in [5.41, 5.74) is -0.251. The van der Waals surface area contributed by atoms with Crippen LogP contribution < -0.4 is 10.9 Å². The second-order valence-corrected chi connectivity index (χ2v) is 11.3. The molecule has 0 radical (unpaired) electrons. The highest BCUT2D eigenvalue weighted by Gasteiger charge is 2.51. The van der Waals surface area contributed by atoms with Crippen molar-refractivity contribution in [3.05, 3.63) is 94.4 Å². The number of anilines is 1. The summed E-state index contributed by atoms with van der Waals surface area (Å²) >= 11 is 0. The van der Waals surface area contributed by atoms with Crippen LogP contribution in [-0.2, 0) is 32.2 Å². The molecule has 41 heavy (non-hydrogen) atoms. The highest BCUT2D eigenvalue weighted by atomic mass is 19.1. The molecule has 0 aliphatic carbocycles. The predicted molar refractivity (Wildman–Crippen MR) is 153 cm³/mol. The number of ether oxygens (including phenoxy) is 3. The summed E-state index contributed by atoms with van der Waals surface area (Å²) in [6.45, 7) is 4.99. The molecule has 2 N–H and O–H groups in total. The average Bonchev–Trinajstić information content (AvgIpc) is 3.55. The molecule has 2 aromatic carbocycles. The van der Waals surface area contributed by atoms with Crippen LogP contribution in [0.2, 0.25) is 0 Å². The first kappa shape index (κ1) is 28.7. The minimum atomic E-state index is -1.38. The van der Waals surface area contributed by atoms with Crippen LogP contribution in [0.4, 0.5) is 10.3 Å². The Balaban J connectivity index is 1.42. The second-order valence-electron chi connectivity index (χ2n) is 11.3. The van der Waals surface area contributed by atoms with Gasteiger partial charge in [-0.2, -0.15) is 4.98 Å². The number of alkyl halides is 1. The fourth-order valence-corrected chi connectivity index (χ4v) is 4.78. The first-order valence-electron chi connectivity index (χ1n) is 13.6. The van der Waals surface area contributed by atoms with E-state index < -0.39 is 35.6 Å². The summed E-state index contributed by atoms with van der Waals surface area (Å²) < 4.78 is 35.3. The Morgan fingerprint density at radius 3 is 2.39 bits per heavy atom. The molecule has 4 aromatic rings. The number of benzene rings is 2. The standard InChI is InChI=1S/C31H35FN4O5/c1-30(2,3)28(38)35-29-33-26-23(27(37)34-29)14-15-36(26)25-16-24(40-18-22-12-8-5-9-13-22)31(19-32,41-25)20-39-17-21-10-6-4-7-11-21/h4-15,24-25H,16-20H2,1-3H3,(H2,33,34,35,37,38)/t24-,25+,31+/m0/s1. The minimum Gasteiger partial charge on any atom is -0.374 e. The Morgan fingerprint density at radius 2 is 1.76 bits per heavy atom. The van der Waals surface area contributed by atoms with Crippen LogP contribution in [0.5, 0.6) is 0 Å². The van der Waals surface area contributed by atoms with Gasteiger partial charge in [0.25, 0.3) is 5.56 Å². The van der Waals surface area contributed by atoms with Gasteiger partial charge in [-0.25, -0.2) is 4.39 Å². The van der Waals surface area contributed by atoms with E-state index in [1.165, 1.54) is 0 Å². The number of aromatic amines is 1. The lowest BCUT2D eigenvalue weighted by molar-refractivity contribution is -0.163. The molecule has 0 bridgehead atoms. The number of aromatic nitrogens is 3. The molecule has 1 saturated heterocycles. The fourth-order valence-electron chi connectivity index (χ4n) is 4.78. The van der Waals surface area contributed by atoms with Crippen LogP contribution in [0, 0.1) is 5.41 Å². The summed E-state index contributed by atoms with van der Waals surface area (Å²) in [7, 11) is 0. The Hall–Kier alpha value is -3.86. The third kappa shape index (κ3) is 6.40. The average molecular weight is 563 g/mol. The van der Waals surface area contributed by atoms with E-state index in [4.69, 9.17) is 14.2 Å². The predicted octanol–water partition coefficient (Wildman–Crippen LogP) is 5.14. The molecule has 0 spiro atoms. The summed E-state index contributed by atoms with van der Waals surface area (Å²) in [5.74, 6) is -0.267. The number of rotatable bonds is 10. The van der Waals surface area contributed by atoms with Crippen molar-refractivity contribution in [1.29, 1.82) is 0 Å². The number of amides is 1. The van der Waals surface area contributed by atoms with Gasteiger partial charge in [0.05, 0.1) is 31.3 Å². The van der Waals surface area contributed by atoms with E-state index in [0.717, 1.165) is 11.1 Å². The van der Waals surface area contributed by atoms with Crippen molar-refractivity contribution in [2.45, 2.75) is 58.3 Å². The van der Waals surface area contributed by atoms with Gasteiger partial charge < -0.3 is 18.8 Å². The second kappa shape index (κ2) is 11.9. The quantitative estimate of drug-likeness (QED) is 0.277. The lowest BCUT2D eigenvalue weighted by atomic mass is 9.96. The number of hydrogen-bond acceptors (Lipinski definition) is 6. The third-order valence-electron chi connectivity index (χ3n) is 7.16. The molecule has 2 aromatic heterocycles. The molecule has 216 valence electrons. The summed E-state index contributed by atoms with van der Waals surface area (Å²) in [6, 6.07) is 20.9. The Morgan fingerprint density at radius 1 is 1.10 bits per heavy atom. The fraction of sp³-hybridized carbons (Fsp3) is 0.387. The Kier molecular flexibility index (Phi) is 8.35. The SMILES string of the molecule is CC(C)(C)C(=O)Nc1nc2c(ccn2[C@H]2C[C@H](OCc3ccccc3)[C@@](CF)(COCc3ccccc3)O2)c(=O)[nH]1. The topological polar surface area (TPSA) is 107 Å². The maximum Gasteiger partial charge on any atom is 0.261 e. The van der Waals surface area contributed by atoms with Gasteiger partial charge >= 0.3 is 0 Å². The van der Waals surface area contributed by atoms with Crippen molar-refractivity contribution >= 4 is 22.9 Å². The van der Waals surface area contributed by atoms with Gasteiger partial charge in [0.2, 0.25) is 11.9 Å². The molecule has 3 heterocycles. The lowest BCUT2D eigenvalue weighted by Gasteiger charge is -2.31. The van der Waals surface area contributed by atoms with Crippen molar-refractivity contribution in [3.8, 4) is 0 Å². The number of H-pyrrole nitrogens is 1. The molecule has 1 aliphatic heterocycles. The van der Waals surface area contributed by atoms with Crippen molar-refractivity contribution in [1.82, 2.24) is 14.5 Å². The number of nitrogens with zero attached hydrogens (tertiary/aromatic N) is 2. The molecule has 0 unspecified atom stereocenters. The molecular formula is C31H35FN4O5. The van der Waals surface area contributed by atoms with E-state index in [0.29, 0.717) is 24.1 Å². The van der Waals surface area contributed by atoms with Gasteiger partial charge in [0.1, 0.15) is 18.5 Å². The van der Waals surface area contributed by atoms with Crippen LogP contribution in [0.15, 0.2) is 77.7 Å². The van der Waals surface area contributed by atoms with Crippen LogP contribution >= 0.6 is 0 Å². The molecule has 9 nitrogen and oxygen atoms in total. The Bertz CT molecular complexity index is 1530. The molecule has 1 fully saturated rings. The zero-order valence-corrected chi connectivity index (χ0v) is 23.4. The molecule has 1 amide bonds. The van der Waals surface area contributed by atoms with E-state index in [1.54, 1.807) is 37.6 Å². The molecule has 1 aliphatic rings. The summed E-state index contributed by atoms with van der Waals surface area (Å²) in [4.78, 5) is 32.5. The van der Waals surface area contributed by atoms with Gasteiger partial charge in [-0.05, 0) is 17.2 Å². The van der Waals surface area contributed by atoms with Crippen molar-refractivity contribution in [2.24, 2.45) is 5.41 Å². The normalized spacial score (nSPS) is 20.9. The van der Waals surface area contributed by atoms with E-state index in [-0.39, 0.29) is 25.1 Å². The smallest absolute Gasteiger partial charge is 0.261 e. The first-order valence-corrected chi connectivity index (χ1v) is 13.6. The number of halogens is 1. The van der Waals surface area contributed by atoms with Crippen LogP contribution in [0.1, 0.15) is 44.5 Å². The number of fused-ring (bicyclic) bond motifs is 1. The van der Waals surface area contributed by atoms with Crippen molar-refractivity contribution < 1.29 is 23.4 Å². The maximum absolute atomic E-state index is 15.0. The zero-order chi connectivity index (χ0) is 29.0. The minimum absolute atomic E-state index is 0.0280. The number of nitrogens with one attached hydrogen (secondary N) is 2. The lowest BCUT2D eigenvalue weighted by Crippen LogP contribution is -2.47. The molecule has 10 heteroatoms. The maximum atomic E-state index is 15.0. The van der Waals surface area contributed by atoms with E-state index in [9.17, 15) is 14.0 Å². The van der Waals surface area contributed by atoms with Gasteiger partial charge in [0.15, 0.2) is 5.65 Å². The number of carbonyl (C=O) groups excluding carboxylic acids is 1. The number of carbonyl (C=O) groups is 1. The van der Waals surface area contributed by atoms with Crippen molar-refractivity contribution in [2.75, 3.05) is 18.6 Å². The van der Waals surface area contributed by atoms with Crippen LogP contribution in [0.3, 0.4) is 0 Å². The highest BCUT2D eigenvalue weighted by molar-refractivity contribution is 5.93. The van der Waals surface area contributed by atoms with E-state index in [1.807, 2.05) is 60.7 Å². The van der Waals surface area contributed by atoms with Gasteiger partial charge in [-0.15, -0.1) is 0 Å². The van der Waals surface area contributed by atoms with Gasteiger partial charge in [0, 0.05) is 18.0 Å². The number of hydrogen-bond donors (Lipinski definition) is 2. The molecular weight excluding hydrogens is 527 g/mol. The molecule has 5 rings (SSSR count). The largest absolute Gasteiger partial charge is 0.374 e. The van der Waals surface area contributed by atoms with E-state index >= 15 is 0 Å². The first-order chi connectivity index (χ1) is 19.7. The zero-order valence-electron chi connectivity index (χ0n) is 23.4. The third-order valence-corrected chi connectivity index (χ3v) is 7.16. The summed E-state index contributed by atoms with van der Waals surface area (Å²) in [6.07, 6.45) is 0.645. The highest BCUT2D eigenvalue weighted by Crippen LogP contribution is 2.41. The van der Waals surface area contributed by atoms with E-state index in [2.05, 4.69) is 15.3 Å². The van der Waals surface area contributed by atoms with Crippen LogP contribution in [0.25, 0.3) is 11.0 Å². The van der Waals surface area contributed by atoms with Gasteiger partial charge in [-0.1, -0.05) is 81.4 Å². The van der Waals surface area contributed by atoms with Crippen LogP contribution in [-0.4, -0.2) is 45.4 Å². The Labute approximate surface area is 237 Å².